The number of aryl methyl sites for hydroxylation is 2. The Hall–Kier alpha value is -1.93. The van der Waals surface area contributed by atoms with Crippen LogP contribution in [-0.4, -0.2) is 11.7 Å². The van der Waals surface area contributed by atoms with Gasteiger partial charge < -0.3 is 5.11 Å². The molecule has 0 aliphatic heterocycles. The van der Waals surface area contributed by atoms with E-state index in [-0.39, 0.29) is 0 Å². The molecular formula is C12H15N3O. The molecule has 1 aromatic rings. The highest BCUT2D eigenvalue weighted by Crippen LogP contribution is 2.21. The van der Waals surface area contributed by atoms with Crippen LogP contribution in [0.3, 0.4) is 0 Å². The van der Waals surface area contributed by atoms with E-state index in [2.05, 4.69) is 10.0 Å². The van der Waals surface area contributed by atoms with Crippen LogP contribution in [-0.2, 0) is 0 Å². The second kappa shape index (κ2) is 5.83. The van der Waals surface area contributed by atoms with Crippen molar-refractivity contribution >= 4 is 6.08 Å². The Morgan fingerprint density at radius 2 is 2.00 bits per heavy atom. The van der Waals surface area contributed by atoms with Gasteiger partial charge in [-0.3, -0.25) is 0 Å². The quantitative estimate of drug-likeness (QED) is 0.355. The van der Waals surface area contributed by atoms with Crippen LogP contribution in [0.5, 0.6) is 5.75 Å². The fraction of sp³-hybridized carbons (Fsp3) is 0.333. The summed E-state index contributed by atoms with van der Waals surface area (Å²) >= 11 is 0. The number of aromatic hydroxyl groups is 1. The SMILES string of the molecule is Cc1cc(O)cc(C)c1C=CCCN=[N+]=[N-]. The van der Waals surface area contributed by atoms with E-state index >= 15 is 0 Å². The van der Waals surface area contributed by atoms with Crippen molar-refractivity contribution in [1.82, 2.24) is 0 Å². The van der Waals surface area contributed by atoms with Crippen LogP contribution >= 0.6 is 0 Å². The molecule has 0 aromatic heterocycles. The summed E-state index contributed by atoms with van der Waals surface area (Å²) < 4.78 is 0. The van der Waals surface area contributed by atoms with Gasteiger partial charge in [0.05, 0.1) is 0 Å². The monoisotopic (exact) mass is 217 g/mol. The predicted octanol–water partition coefficient (Wildman–Crippen LogP) is 3.72. The molecular weight excluding hydrogens is 202 g/mol. The number of rotatable bonds is 4. The van der Waals surface area contributed by atoms with Gasteiger partial charge in [-0.15, -0.1) is 0 Å². The van der Waals surface area contributed by atoms with Crippen molar-refractivity contribution in [2.24, 2.45) is 5.11 Å². The largest absolute Gasteiger partial charge is 0.508 e. The number of hydrogen-bond acceptors (Lipinski definition) is 2. The molecule has 0 aliphatic carbocycles. The zero-order valence-corrected chi connectivity index (χ0v) is 9.51. The number of phenolic OH excluding ortho intramolecular Hbond substituents is 1. The van der Waals surface area contributed by atoms with E-state index in [1.165, 1.54) is 0 Å². The van der Waals surface area contributed by atoms with Crippen LogP contribution in [0, 0.1) is 13.8 Å². The Balaban J connectivity index is 2.77. The molecule has 0 unspecified atom stereocenters. The van der Waals surface area contributed by atoms with Crippen LogP contribution in [0.25, 0.3) is 16.5 Å². The maximum Gasteiger partial charge on any atom is 0.116 e. The summed E-state index contributed by atoms with van der Waals surface area (Å²) in [4.78, 5) is 2.68. The Bertz CT molecular complexity index is 423. The minimum absolute atomic E-state index is 0.293. The normalized spacial score (nSPS) is 10.4. The van der Waals surface area contributed by atoms with Gasteiger partial charge in [-0.2, -0.15) is 0 Å². The molecule has 1 aromatic carbocycles. The topological polar surface area (TPSA) is 69.0 Å². The molecule has 84 valence electrons. The Labute approximate surface area is 94.9 Å². The molecule has 0 saturated carbocycles. The first-order chi connectivity index (χ1) is 7.65. The molecule has 16 heavy (non-hydrogen) atoms. The fourth-order valence-electron chi connectivity index (χ4n) is 1.59. The highest BCUT2D eigenvalue weighted by molar-refractivity contribution is 5.59. The van der Waals surface area contributed by atoms with E-state index in [1.807, 2.05) is 26.0 Å². The van der Waals surface area contributed by atoms with Gasteiger partial charge >= 0.3 is 0 Å². The third-order valence-electron chi connectivity index (χ3n) is 2.32. The van der Waals surface area contributed by atoms with Gasteiger partial charge in [0.25, 0.3) is 0 Å². The van der Waals surface area contributed by atoms with Gasteiger partial charge in [0, 0.05) is 11.5 Å². The van der Waals surface area contributed by atoms with Crippen LogP contribution in [0.4, 0.5) is 0 Å². The Morgan fingerprint density at radius 1 is 1.38 bits per heavy atom. The molecule has 0 bridgehead atoms. The Morgan fingerprint density at radius 3 is 2.56 bits per heavy atom. The first kappa shape index (κ1) is 12.1. The van der Waals surface area contributed by atoms with Gasteiger partial charge in [-0.25, -0.2) is 0 Å². The van der Waals surface area contributed by atoms with E-state index in [0.717, 1.165) is 23.1 Å². The van der Waals surface area contributed by atoms with E-state index in [4.69, 9.17) is 5.53 Å². The third-order valence-corrected chi connectivity index (χ3v) is 2.32. The third kappa shape index (κ3) is 3.33. The summed E-state index contributed by atoms with van der Waals surface area (Å²) in [6.45, 7) is 4.39. The summed E-state index contributed by atoms with van der Waals surface area (Å²) in [6, 6.07) is 3.47. The molecule has 4 heteroatoms. The average Bonchev–Trinajstić information content (AvgIpc) is 2.20. The van der Waals surface area contributed by atoms with Gasteiger partial charge in [-0.05, 0) is 54.6 Å². The molecule has 0 spiro atoms. The van der Waals surface area contributed by atoms with E-state index in [0.29, 0.717) is 12.3 Å². The fourth-order valence-corrected chi connectivity index (χ4v) is 1.59. The minimum Gasteiger partial charge on any atom is -0.508 e. The molecule has 0 heterocycles. The molecule has 0 fully saturated rings. The van der Waals surface area contributed by atoms with Crippen LogP contribution in [0.15, 0.2) is 23.3 Å². The molecule has 0 atom stereocenters. The van der Waals surface area contributed by atoms with Crippen LogP contribution in [0.2, 0.25) is 0 Å². The van der Waals surface area contributed by atoms with Crippen molar-refractivity contribution in [2.45, 2.75) is 20.3 Å². The molecule has 4 nitrogen and oxygen atoms in total. The van der Waals surface area contributed by atoms with Crippen LogP contribution < -0.4 is 0 Å². The standard InChI is InChI=1S/C12H15N3O/c1-9-7-11(16)8-10(2)12(9)5-3-4-6-14-15-13/h3,5,7-8,16H,4,6H2,1-2H3. The summed E-state index contributed by atoms with van der Waals surface area (Å²) in [7, 11) is 0. The maximum absolute atomic E-state index is 9.38. The average molecular weight is 217 g/mol. The van der Waals surface area contributed by atoms with Gasteiger partial charge in [0.15, 0.2) is 0 Å². The van der Waals surface area contributed by atoms with Crippen molar-refractivity contribution in [2.75, 3.05) is 6.54 Å². The van der Waals surface area contributed by atoms with Crippen molar-refractivity contribution in [3.05, 3.63) is 45.3 Å². The molecule has 0 aliphatic rings. The lowest BCUT2D eigenvalue weighted by Crippen LogP contribution is -1.86. The molecule has 0 radical (unpaired) electrons. The second-order valence-corrected chi connectivity index (χ2v) is 3.64. The van der Waals surface area contributed by atoms with Crippen molar-refractivity contribution in [3.63, 3.8) is 0 Å². The van der Waals surface area contributed by atoms with Crippen molar-refractivity contribution in [3.8, 4) is 5.75 Å². The number of hydrogen-bond donors (Lipinski definition) is 1. The van der Waals surface area contributed by atoms with E-state index in [9.17, 15) is 5.11 Å². The highest BCUT2D eigenvalue weighted by Gasteiger charge is 2.00. The Kier molecular flexibility index (Phi) is 4.42. The molecule has 1 rings (SSSR count). The van der Waals surface area contributed by atoms with Gasteiger partial charge in [-0.1, -0.05) is 17.3 Å². The van der Waals surface area contributed by atoms with Crippen molar-refractivity contribution < 1.29 is 5.11 Å². The summed E-state index contributed by atoms with van der Waals surface area (Å²) in [5.41, 5.74) is 11.3. The van der Waals surface area contributed by atoms with E-state index < -0.39 is 0 Å². The summed E-state index contributed by atoms with van der Waals surface area (Å²) in [5, 5.41) is 12.8. The molecule has 0 saturated heterocycles. The van der Waals surface area contributed by atoms with E-state index in [1.54, 1.807) is 12.1 Å². The number of phenols is 1. The first-order valence-corrected chi connectivity index (χ1v) is 5.12. The lowest BCUT2D eigenvalue weighted by Gasteiger charge is -2.05. The molecule has 1 N–H and O–H groups in total. The summed E-state index contributed by atoms with van der Waals surface area (Å²) in [5.74, 6) is 0.293. The number of benzene rings is 1. The van der Waals surface area contributed by atoms with Gasteiger partial charge in [0.2, 0.25) is 0 Å². The second-order valence-electron chi connectivity index (χ2n) is 3.64. The smallest absolute Gasteiger partial charge is 0.116 e. The minimum atomic E-state index is 0.293. The van der Waals surface area contributed by atoms with Crippen molar-refractivity contribution in [1.29, 1.82) is 0 Å². The predicted molar refractivity (Wildman–Crippen MR) is 65.2 cm³/mol. The van der Waals surface area contributed by atoms with Gasteiger partial charge in [0.1, 0.15) is 5.75 Å². The highest BCUT2D eigenvalue weighted by atomic mass is 16.3. The lowest BCUT2D eigenvalue weighted by atomic mass is 10.0. The zero-order valence-electron chi connectivity index (χ0n) is 9.51. The lowest BCUT2D eigenvalue weighted by molar-refractivity contribution is 0.474. The summed E-state index contributed by atoms with van der Waals surface area (Å²) in [6.07, 6.45) is 4.70. The maximum atomic E-state index is 9.38. The first-order valence-electron chi connectivity index (χ1n) is 5.12. The van der Waals surface area contributed by atoms with Crippen LogP contribution in [0.1, 0.15) is 23.1 Å². The number of azide groups is 1. The zero-order chi connectivity index (χ0) is 12.0. The molecule has 0 amide bonds. The number of nitrogens with zero attached hydrogens (tertiary/aromatic N) is 3.